The third-order valence-corrected chi connectivity index (χ3v) is 4.03. The summed E-state index contributed by atoms with van der Waals surface area (Å²) in [6.45, 7) is 6.02. The van der Waals surface area contributed by atoms with Gasteiger partial charge in [-0.15, -0.1) is 0 Å². The molecule has 19 heavy (non-hydrogen) atoms. The molecule has 0 amide bonds. The Labute approximate surface area is 123 Å². The maximum absolute atomic E-state index is 6.07. The summed E-state index contributed by atoms with van der Waals surface area (Å²) in [7, 11) is 0. The third-order valence-electron chi connectivity index (χ3n) is 3.28. The van der Waals surface area contributed by atoms with Crippen molar-refractivity contribution >= 4 is 27.3 Å². The van der Waals surface area contributed by atoms with Gasteiger partial charge in [0, 0.05) is 34.5 Å². The number of nitrogen functional groups attached to an aromatic ring is 1. The van der Waals surface area contributed by atoms with Gasteiger partial charge >= 0.3 is 0 Å². The zero-order chi connectivity index (χ0) is 13.8. The van der Waals surface area contributed by atoms with E-state index >= 15 is 0 Å². The molecule has 0 radical (unpaired) electrons. The lowest BCUT2D eigenvalue weighted by Gasteiger charge is -2.24. The second-order valence-electron chi connectivity index (χ2n) is 4.66. The average Bonchev–Trinajstić information content (AvgIpc) is 2.40. The Morgan fingerprint density at radius 2 is 1.79 bits per heavy atom. The monoisotopic (exact) mass is 318 g/mol. The molecule has 0 unspecified atom stereocenters. The summed E-state index contributed by atoms with van der Waals surface area (Å²) < 4.78 is 1.07. The van der Waals surface area contributed by atoms with Crippen molar-refractivity contribution in [1.82, 2.24) is 0 Å². The molecular formula is C16H19BrN2. The van der Waals surface area contributed by atoms with Crippen LogP contribution in [0.1, 0.15) is 18.1 Å². The fourth-order valence-electron chi connectivity index (χ4n) is 2.07. The van der Waals surface area contributed by atoms with Crippen LogP contribution in [0, 0.1) is 6.92 Å². The van der Waals surface area contributed by atoms with Gasteiger partial charge in [0.25, 0.3) is 0 Å². The van der Waals surface area contributed by atoms with Crippen LogP contribution >= 0.6 is 15.9 Å². The van der Waals surface area contributed by atoms with Crippen LogP contribution in [0.2, 0.25) is 0 Å². The molecule has 0 saturated heterocycles. The average molecular weight is 319 g/mol. The minimum absolute atomic E-state index is 0.812. The van der Waals surface area contributed by atoms with Gasteiger partial charge in [0.15, 0.2) is 0 Å². The van der Waals surface area contributed by atoms with Crippen LogP contribution in [0.25, 0.3) is 0 Å². The van der Waals surface area contributed by atoms with Crippen molar-refractivity contribution in [1.29, 1.82) is 0 Å². The van der Waals surface area contributed by atoms with E-state index in [2.05, 4.69) is 58.9 Å². The number of rotatable bonds is 4. The Morgan fingerprint density at radius 3 is 2.37 bits per heavy atom. The normalized spacial score (nSPS) is 10.5. The zero-order valence-corrected chi connectivity index (χ0v) is 12.9. The second kappa shape index (κ2) is 6.11. The molecule has 0 aliphatic rings. The standard InChI is InChI=1S/C16H19BrN2/c1-3-19(13-9-7-12(2)8-10-13)11-14-15(17)5-4-6-16(14)18/h4-10H,3,11,18H2,1-2H3. The molecule has 2 aromatic carbocycles. The van der Waals surface area contributed by atoms with Gasteiger partial charge in [-0.1, -0.05) is 39.7 Å². The van der Waals surface area contributed by atoms with Crippen molar-refractivity contribution in [2.75, 3.05) is 17.2 Å². The van der Waals surface area contributed by atoms with E-state index in [0.29, 0.717) is 0 Å². The topological polar surface area (TPSA) is 29.3 Å². The molecule has 0 aliphatic carbocycles. The number of halogens is 1. The number of nitrogens with two attached hydrogens (primary N) is 1. The molecule has 2 rings (SSSR count). The van der Waals surface area contributed by atoms with Crippen molar-refractivity contribution in [2.24, 2.45) is 0 Å². The predicted molar refractivity (Wildman–Crippen MR) is 86.5 cm³/mol. The van der Waals surface area contributed by atoms with E-state index in [-0.39, 0.29) is 0 Å². The van der Waals surface area contributed by atoms with Crippen molar-refractivity contribution in [2.45, 2.75) is 20.4 Å². The number of aryl methyl sites for hydroxylation is 1. The Kier molecular flexibility index (Phi) is 4.48. The highest BCUT2D eigenvalue weighted by Crippen LogP contribution is 2.26. The summed E-state index contributed by atoms with van der Waals surface area (Å²) in [5.74, 6) is 0. The largest absolute Gasteiger partial charge is 0.398 e. The number of anilines is 2. The lowest BCUT2D eigenvalue weighted by molar-refractivity contribution is 0.830. The van der Waals surface area contributed by atoms with Crippen LogP contribution in [-0.4, -0.2) is 6.54 Å². The van der Waals surface area contributed by atoms with Crippen molar-refractivity contribution in [3.63, 3.8) is 0 Å². The maximum Gasteiger partial charge on any atom is 0.0460 e. The van der Waals surface area contributed by atoms with Crippen LogP contribution in [0.4, 0.5) is 11.4 Å². The molecule has 2 N–H and O–H groups in total. The summed E-state index contributed by atoms with van der Waals surface area (Å²) in [5, 5.41) is 0. The first kappa shape index (κ1) is 13.9. The van der Waals surface area contributed by atoms with E-state index in [1.807, 2.05) is 18.2 Å². The summed E-state index contributed by atoms with van der Waals surface area (Å²) in [4.78, 5) is 2.32. The van der Waals surface area contributed by atoms with Gasteiger partial charge < -0.3 is 10.6 Å². The van der Waals surface area contributed by atoms with Crippen LogP contribution in [0.5, 0.6) is 0 Å². The highest BCUT2D eigenvalue weighted by Gasteiger charge is 2.10. The van der Waals surface area contributed by atoms with Gasteiger partial charge in [-0.2, -0.15) is 0 Å². The number of benzene rings is 2. The quantitative estimate of drug-likeness (QED) is 0.848. The minimum atomic E-state index is 0.812. The Bertz CT molecular complexity index is 529. The van der Waals surface area contributed by atoms with Gasteiger partial charge in [0.2, 0.25) is 0 Å². The van der Waals surface area contributed by atoms with Crippen LogP contribution in [-0.2, 0) is 6.54 Å². The third kappa shape index (κ3) is 3.29. The molecule has 3 heteroatoms. The highest BCUT2D eigenvalue weighted by molar-refractivity contribution is 9.10. The molecule has 0 atom stereocenters. The van der Waals surface area contributed by atoms with E-state index in [4.69, 9.17) is 5.73 Å². The summed E-state index contributed by atoms with van der Waals surface area (Å²) >= 11 is 3.58. The molecule has 2 nitrogen and oxygen atoms in total. The van der Waals surface area contributed by atoms with Gasteiger partial charge in [-0.3, -0.25) is 0 Å². The summed E-state index contributed by atoms with van der Waals surface area (Å²) in [5.41, 5.74) is 10.5. The fraction of sp³-hybridized carbons (Fsp3) is 0.250. The number of hydrogen-bond donors (Lipinski definition) is 1. The molecule has 2 aromatic rings. The Morgan fingerprint density at radius 1 is 1.11 bits per heavy atom. The zero-order valence-electron chi connectivity index (χ0n) is 11.4. The van der Waals surface area contributed by atoms with Crippen molar-refractivity contribution in [3.8, 4) is 0 Å². The van der Waals surface area contributed by atoms with Gasteiger partial charge in [0.1, 0.15) is 0 Å². The van der Waals surface area contributed by atoms with E-state index in [9.17, 15) is 0 Å². The van der Waals surface area contributed by atoms with Crippen LogP contribution < -0.4 is 10.6 Å². The predicted octanol–water partition coefficient (Wildman–Crippen LogP) is 4.37. The molecule has 0 aliphatic heterocycles. The van der Waals surface area contributed by atoms with E-state index in [0.717, 1.165) is 28.8 Å². The lowest BCUT2D eigenvalue weighted by Crippen LogP contribution is -2.22. The molecule has 0 aromatic heterocycles. The molecule has 0 bridgehead atoms. The summed E-state index contributed by atoms with van der Waals surface area (Å²) in [6, 6.07) is 14.5. The Balaban J connectivity index is 2.26. The van der Waals surface area contributed by atoms with Crippen LogP contribution in [0.3, 0.4) is 0 Å². The second-order valence-corrected chi connectivity index (χ2v) is 5.51. The first-order valence-corrected chi connectivity index (χ1v) is 7.25. The van der Waals surface area contributed by atoms with E-state index in [1.54, 1.807) is 0 Å². The first-order chi connectivity index (χ1) is 9.11. The molecule has 100 valence electrons. The SMILES string of the molecule is CCN(Cc1c(N)cccc1Br)c1ccc(C)cc1. The molecular weight excluding hydrogens is 300 g/mol. The van der Waals surface area contributed by atoms with Gasteiger partial charge in [0.05, 0.1) is 0 Å². The summed E-state index contributed by atoms with van der Waals surface area (Å²) in [6.07, 6.45) is 0. The molecule has 0 heterocycles. The van der Waals surface area contributed by atoms with Gasteiger partial charge in [-0.25, -0.2) is 0 Å². The van der Waals surface area contributed by atoms with E-state index < -0.39 is 0 Å². The molecule has 0 spiro atoms. The van der Waals surface area contributed by atoms with E-state index in [1.165, 1.54) is 11.3 Å². The van der Waals surface area contributed by atoms with Crippen LogP contribution in [0.15, 0.2) is 46.9 Å². The number of hydrogen-bond acceptors (Lipinski definition) is 2. The first-order valence-electron chi connectivity index (χ1n) is 6.46. The fourth-order valence-corrected chi connectivity index (χ4v) is 2.58. The maximum atomic E-state index is 6.07. The Hall–Kier alpha value is -1.48. The smallest absolute Gasteiger partial charge is 0.0460 e. The minimum Gasteiger partial charge on any atom is -0.398 e. The van der Waals surface area contributed by atoms with Gasteiger partial charge in [-0.05, 0) is 38.1 Å². The molecule has 0 fully saturated rings. The highest BCUT2D eigenvalue weighted by atomic mass is 79.9. The molecule has 0 saturated carbocycles. The van der Waals surface area contributed by atoms with Crippen molar-refractivity contribution < 1.29 is 0 Å². The number of nitrogens with zero attached hydrogens (tertiary/aromatic N) is 1. The lowest BCUT2D eigenvalue weighted by atomic mass is 10.1. The van der Waals surface area contributed by atoms with Crippen molar-refractivity contribution in [3.05, 3.63) is 58.1 Å².